The fourth-order valence-corrected chi connectivity index (χ4v) is 2.42. The molecule has 172 valence electrons. The molecule has 12 heteroatoms. The van der Waals surface area contributed by atoms with E-state index in [1.54, 1.807) is 24.3 Å². The van der Waals surface area contributed by atoms with E-state index in [-0.39, 0.29) is 31.5 Å². The van der Waals surface area contributed by atoms with E-state index in [4.69, 9.17) is 35.3 Å². The van der Waals surface area contributed by atoms with Gasteiger partial charge in [-0.3, -0.25) is 19.2 Å². The molecule has 0 aromatic heterocycles. The largest absolute Gasteiger partial charge is 0.643 e. The summed E-state index contributed by atoms with van der Waals surface area (Å²) in [6.45, 7) is 0. The maximum atomic E-state index is 11.4. The van der Waals surface area contributed by atoms with Gasteiger partial charge in [-0.2, -0.15) is 0 Å². The third-order valence-electron chi connectivity index (χ3n) is 3.23. The summed E-state index contributed by atoms with van der Waals surface area (Å²) >= 11 is 4.84. The number of hydrogen-bond acceptors (Lipinski definition) is 5. The minimum atomic E-state index is -1.72. The van der Waals surface area contributed by atoms with Crippen LogP contribution in [0.15, 0.2) is 63.5 Å². The number of cyclic esters (lactones) is 2. The molecule has 0 aliphatic carbocycles. The van der Waals surface area contributed by atoms with Crippen molar-refractivity contribution < 1.29 is 29.0 Å². The average molecular weight is 648 g/mol. The van der Waals surface area contributed by atoms with Crippen LogP contribution in [0.5, 0.6) is 0 Å². The van der Waals surface area contributed by atoms with E-state index in [1.807, 2.05) is 30.3 Å². The molecule has 1 aliphatic rings. The molecule has 2 aromatic rings. The number of Topliss-reactive ketones (excluding diaryl/α,β-unsaturated/α-hetero) is 1. The van der Waals surface area contributed by atoms with Crippen LogP contribution in [-0.2, 0) is 19.1 Å². The number of ether oxygens (including phenoxy) is 1. The Labute approximate surface area is 219 Å². The molecule has 3 rings (SSSR count). The Kier molecular flexibility index (Phi) is 18.0. The van der Waals surface area contributed by atoms with Gasteiger partial charge < -0.3 is 9.84 Å². The fourth-order valence-electron chi connectivity index (χ4n) is 1.85. The molecule has 0 amide bonds. The van der Waals surface area contributed by atoms with E-state index in [2.05, 4.69) is 36.6 Å². The van der Waals surface area contributed by atoms with E-state index in [0.29, 0.717) is 5.56 Å². The zero-order valence-corrected chi connectivity index (χ0v) is 23.1. The molecular formula is C20H18AlBr2Cl3O6. The number of esters is 2. The third kappa shape index (κ3) is 18.6. The first kappa shape index (κ1) is 31.1. The first-order valence-corrected chi connectivity index (χ1v) is 15.7. The lowest BCUT2D eigenvalue weighted by Crippen LogP contribution is -2.03. The number of carbonyl (C=O) groups is 4. The van der Waals surface area contributed by atoms with Crippen molar-refractivity contribution in [1.29, 1.82) is 0 Å². The van der Waals surface area contributed by atoms with Crippen molar-refractivity contribution in [2.75, 3.05) is 0 Å². The summed E-state index contributed by atoms with van der Waals surface area (Å²) < 4.78 is 6.11. The Hall–Kier alpha value is -0.918. The van der Waals surface area contributed by atoms with Crippen molar-refractivity contribution in [2.45, 2.75) is 25.7 Å². The molecule has 0 radical (unpaired) electrons. The number of halogens is 5. The Balaban J connectivity index is 0.000000448. The quantitative estimate of drug-likeness (QED) is 0.177. The Morgan fingerprint density at radius 1 is 0.844 bits per heavy atom. The molecule has 1 heterocycles. The maximum Gasteiger partial charge on any atom is 0.643 e. The van der Waals surface area contributed by atoms with Crippen molar-refractivity contribution in [3.63, 3.8) is 0 Å². The van der Waals surface area contributed by atoms with Crippen LogP contribution in [-0.4, -0.2) is 40.2 Å². The number of carboxylic acid groups (broad SMARTS) is 1. The Morgan fingerprint density at radius 3 is 1.59 bits per heavy atom. The fraction of sp³-hybridized carbons (Fsp3) is 0.200. The predicted octanol–water partition coefficient (Wildman–Crippen LogP) is 6.48. The Bertz CT molecular complexity index is 851. The normalized spacial score (nSPS) is 11.4. The Morgan fingerprint density at radius 2 is 1.28 bits per heavy atom. The smallest absolute Gasteiger partial charge is 0.481 e. The zero-order valence-electron chi connectivity index (χ0n) is 16.5. The van der Waals surface area contributed by atoms with Crippen molar-refractivity contribution in [2.24, 2.45) is 0 Å². The zero-order chi connectivity index (χ0) is 24.5. The second-order valence-electron chi connectivity index (χ2n) is 5.71. The lowest BCUT2D eigenvalue weighted by molar-refractivity contribution is -0.152. The van der Waals surface area contributed by atoms with Gasteiger partial charge in [-0.05, 0) is 24.3 Å². The second-order valence-corrected chi connectivity index (χ2v) is 14.0. The van der Waals surface area contributed by atoms with E-state index in [0.717, 1.165) is 8.95 Å². The number of aliphatic carboxylic acids is 1. The number of rotatable bonds is 4. The summed E-state index contributed by atoms with van der Waals surface area (Å²) in [5, 5.41) is 8.39. The summed E-state index contributed by atoms with van der Waals surface area (Å²) in [5.41, 5.74) is 0.550. The molecule has 1 fully saturated rings. The van der Waals surface area contributed by atoms with Crippen LogP contribution >= 0.6 is 62.0 Å². The highest BCUT2D eigenvalue weighted by molar-refractivity contribution is 9.10. The predicted molar refractivity (Wildman–Crippen MR) is 133 cm³/mol. The van der Waals surface area contributed by atoms with Gasteiger partial charge in [0.1, 0.15) is 0 Å². The minimum Gasteiger partial charge on any atom is -0.481 e. The van der Waals surface area contributed by atoms with E-state index < -0.39 is 29.3 Å². The third-order valence-corrected chi connectivity index (χ3v) is 4.28. The molecule has 1 saturated heterocycles. The van der Waals surface area contributed by atoms with Gasteiger partial charge in [0.05, 0.1) is 19.3 Å². The standard InChI is InChI=1S/C10H9BrO3.C6H5Br.C4H4O3.Al.3ClH/c11-8-3-1-7(2-4-8)9(12)5-6-10(13)14;7-6-4-2-1-3-5-6;5-3-1-2-4(6)7-3;;;;/h1-4H,5-6H2,(H,13,14);1-5H;1-2H2;;3*1H/q;;;+3;;;/p-3. The number of benzene rings is 2. The van der Waals surface area contributed by atoms with Crippen molar-refractivity contribution in [3.8, 4) is 0 Å². The first-order valence-electron chi connectivity index (χ1n) is 8.88. The monoisotopic (exact) mass is 644 g/mol. The highest BCUT2D eigenvalue weighted by Crippen LogP contribution is 2.12. The SMILES string of the molecule is Brc1ccccc1.O=C(O)CCC(=O)c1ccc(Br)cc1.O=C1CCC(=O)O1.[Cl][Al]([Cl])[Cl]. The van der Waals surface area contributed by atoms with Crippen molar-refractivity contribution in [1.82, 2.24) is 0 Å². The molecule has 32 heavy (non-hydrogen) atoms. The molecule has 0 unspecified atom stereocenters. The van der Waals surface area contributed by atoms with Crippen LogP contribution in [0, 0.1) is 0 Å². The van der Waals surface area contributed by atoms with Crippen LogP contribution in [0.1, 0.15) is 36.0 Å². The van der Waals surface area contributed by atoms with Gasteiger partial charge in [-0.15, -0.1) is 0 Å². The topological polar surface area (TPSA) is 97.7 Å². The molecule has 0 atom stereocenters. The van der Waals surface area contributed by atoms with E-state index >= 15 is 0 Å². The van der Waals surface area contributed by atoms with Crippen LogP contribution in [0.3, 0.4) is 0 Å². The van der Waals surface area contributed by atoms with Gasteiger partial charge in [0.15, 0.2) is 5.78 Å². The van der Waals surface area contributed by atoms with Gasteiger partial charge in [-0.1, -0.05) is 62.2 Å². The molecule has 0 spiro atoms. The summed E-state index contributed by atoms with van der Waals surface area (Å²) in [7, 11) is 14.8. The molecule has 0 saturated carbocycles. The second kappa shape index (κ2) is 18.5. The summed E-state index contributed by atoms with van der Waals surface area (Å²) in [5.74, 6) is -1.88. The first-order chi connectivity index (χ1) is 15.0. The van der Waals surface area contributed by atoms with Gasteiger partial charge in [-0.25, -0.2) is 30.1 Å². The van der Waals surface area contributed by atoms with Crippen LogP contribution in [0.4, 0.5) is 0 Å². The van der Waals surface area contributed by atoms with E-state index in [9.17, 15) is 19.2 Å². The lowest BCUT2D eigenvalue weighted by atomic mass is 10.1. The molecular weight excluding hydrogens is 629 g/mol. The van der Waals surface area contributed by atoms with Crippen LogP contribution < -0.4 is 0 Å². The maximum absolute atomic E-state index is 11.4. The van der Waals surface area contributed by atoms with Gasteiger partial charge in [0.25, 0.3) is 0 Å². The number of hydrogen-bond donors (Lipinski definition) is 1. The number of ketones is 1. The lowest BCUT2D eigenvalue weighted by Gasteiger charge is -1.98. The van der Waals surface area contributed by atoms with Crippen molar-refractivity contribution >= 4 is 97.1 Å². The van der Waals surface area contributed by atoms with Gasteiger partial charge in [0, 0.05) is 20.9 Å². The molecule has 6 nitrogen and oxygen atoms in total. The van der Waals surface area contributed by atoms with Crippen LogP contribution in [0.25, 0.3) is 0 Å². The van der Waals surface area contributed by atoms with Gasteiger partial charge >= 0.3 is 29.3 Å². The summed E-state index contributed by atoms with van der Waals surface area (Å²) in [6, 6.07) is 16.8. The summed E-state index contributed by atoms with van der Waals surface area (Å²) in [6.07, 6.45) is 0.462. The number of carboxylic acids is 1. The van der Waals surface area contributed by atoms with Crippen LogP contribution in [0.2, 0.25) is 0 Å². The number of carbonyl (C=O) groups excluding carboxylic acids is 3. The highest BCUT2D eigenvalue weighted by Gasteiger charge is 2.19. The summed E-state index contributed by atoms with van der Waals surface area (Å²) in [4.78, 5) is 41.6. The van der Waals surface area contributed by atoms with Gasteiger partial charge in [0.2, 0.25) is 0 Å². The molecule has 0 bridgehead atoms. The van der Waals surface area contributed by atoms with E-state index in [1.165, 1.54) is 0 Å². The van der Waals surface area contributed by atoms with Crippen molar-refractivity contribution in [3.05, 3.63) is 69.1 Å². The highest BCUT2D eigenvalue weighted by atomic mass is 79.9. The molecule has 2 aromatic carbocycles. The molecule has 1 aliphatic heterocycles. The average Bonchev–Trinajstić information content (AvgIpc) is 3.10. The minimum absolute atomic E-state index is 0.0525. The molecule has 1 N–H and O–H groups in total.